The van der Waals surface area contributed by atoms with Crippen molar-refractivity contribution in [1.82, 2.24) is 0 Å². The lowest BCUT2D eigenvalue weighted by Gasteiger charge is -2.38. The maximum absolute atomic E-state index is 13.4. The van der Waals surface area contributed by atoms with Crippen molar-refractivity contribution in [3.63, 3.8) is 0 Å². The molecule has 0 saturated carbocycles. The number of hydrogen-bond acceptors (Lipinski definition) is 0. The number of alkyl halides is 3. The van der Waals surface area contributed by atoms with Gasteiger partial charge in [-0.3, -0.25) is 0 Å². The van der Waals surface area contributed by atoms with Gasteiger partial charge in [0.15, 0.2) is 0 Å². The molecule has 7 heteroatoms. The maximum atomic E-state index is 13.4. The van der Waals surface area contributed by atoms with Gasteiger partial charge in [0.25, 0.3) is 0 Å². The molecule has 0 nitrogen and oxygen atoms in total. The molecule has 8 radical (unpaired) electrons. The van der Waals surface area contributed by atoms with Crippen molar-refractivity contribution in [2.75, 3.05) is 0 Å². The minimum Gasteiger partial charge on any atom is -0.166 e. The molecule has 0 amide bonds. The second kappa shape index (κ2) is 5.97. The van der Waals surface area contributed by atoms with Gasteiger partial charge in [0, 0.05) is 5.56 Å². The summed E-state index contributed by atoms with van der Waals surface area (Å²) in [7, 11) is 23.9. The van der Waals surface area contributed by atoms with E-state index in [0.29, 0.717) is 11.1 Å². The van der Waals surface area contributed by atoms with Crippen LogP contribution in [0, 0.1) is 5.41 Å². The Balaban J connectivity index is 4.00. The van der Waals surface area contributed by atoms with Crippen LogP contribution in [0.15, 0.2) is 0 Å². The molecule has 0 fully saturated rings. The second-order valence-corrected chi connectivity index (χ2v) is 8.00. The van der Waals surface area contributed by atoms with Crippen LogP contribution in [0.25, 0.3) is 0 Å². The molecule has 0 bridgehead atoms. The molecule has 1 atom stereocenters. The highest BCUT2D eigenvalue weighted by atomic mass is 19.4. The van der Waals surface area contributed by atoms with Crippen molar-refractivity contribution in [3.05, 3.63) is 16.7 Å². The normalized spacial score (nSPS) is 14.8. The standard InChI is InChI=1S/C16H19B4F3/c1-14(2,3)8-7(13(20)15(4,5)6)10(17)12(19)9(11(8)18)16(21,22)23/h13H,1-6H3. The van der Waals surface area contributed by atoms with Gasteiger partial charge in [-0.2, -0.15) is 13.2 Å². The molecule has 1 aromatic rings. The Hall–Kier alpha value is -0.730. The van der Waals surface area contributed by atoms with Gasteiger partial charge in [-0.15, -0.1) is 5.46 Å². The van der Waals surface area contributed by atoms with Crippen LogP contribution in [0.3, 0.4) is 0 Å². The zero-order valence-electron chi connectivity index (χ0n) is 14.5. The largest absolute Gasteiger partial charge is 0.415 e. The molecule has 1 unspecified atom stereocenters. The lowest BCUT2D eigenvalue weighted by molar-refractivity contribution is -0.135. The van der Waals surface area contributed by atoms with Crippen molar-refractivity contribution < 1.29 is 13.2 Å². The highest BCUT2D eigenvalue weighted by Crippen LogP contribution is 2.38. The van der Waals surface area contributed by atoms with Crippen LogP contribution in [0.4, 0.5) is 13.2 Å². The van der Waals surface area contributed by atoms with Crippen LogP contribution < -0.4 is 16.4 Å². The molecule has 0 aliphatic rings. The van der Waals surface area contributed by atoms with Crippen LogP contribution in [0.5, 0.6) is 0 Å². The van der Waals surface area contributed by atoms with Gasteiger partial charge in [-0.05, 0) is 22.2 Å². The van der Waals surface area contributed by atoms with Crippen molar-refractivity contribution in [1.29, 1.82) is 0 Å². The Labute approximate surface area is 142 Å². The molecule has 0 aliphatic heterocycles. The molecule has 23 heavy (non-hydrogen) atoms. The first-order chi connectivity index (χ1) is 10.0. The summed E-state index contributed by atoms with van der Waals surface area (Å²) in [4.78, 5) is 0. The Bertz CT molecular complexity index is 608. The summed E-state index contributed by atoms with van der Waals surface area (Å²) in [5.41, 5.74) is -2.57. The smallest absolute Gasteiger partial charge is 0.166 e. The predicted octanol–water partition coefficient (Wildman–Crippen LogP) is 1.64. The van der Waals surface area contributed by atoms with E-state index in [1.165, 1.54) is 0 Å². The zero-order chi connectivity index (χ0) is 18.5. The number of hydrogen-bond donors (Lipinski definition) is 0. The van der Waals surface area contributed by atoms with E-state index in [4.69, 9.17) is 31.4 Å². The van der Waals surface area contributed by atoms with Gasteiger partial charge in [-0.1, -0.05) is 58.0 Å². The molecular weight excluding hydrogens is 292 g/mol. The summed E-state index contributed by atoms with van der Waals surface area (Å²) >= 11 is 0. The lowest BCUT2D eigenvalue weighted by Crippen LogP contribution is -2.48. The van der Waals surface area contributed by atoms with Crippen LogP contribution in [0.2, 0.25) is 0 Å². The van der Waals surface area contributed by atoms with E-state index in [2.05, 4.69) is 0 Å². The zero-order valence-corrected chi connectivity index (χ0v) is 14.5. The minimum atomic E-state index is -4.69. The molecule has 0 aromatic heterocycles. The van der Waals surface area contributed by atoms with Gasteiger partial charge < -0.3 is 0 Å². The van der Waals surface area contributed by atoms with Crippen LogP contribution in [-0.2, 0) is 11.6 Å². The Morgan fingerprint density at radius 3 is 1.48 bits per heavy atom. The van der Waals surface area contributed by atoms with Gasteiger partial charge in [0.1, 0.15) is 23.5 Å². The molecule has 116 valence electrons. The van der Waals surface area contributed by atoms with E-state index in [9.17, 15) is 13.2 Å². The topological polar surface area (TPSA) is 0 Å². The van der Waals surface area contributed by atoms with Gasteiger partial charge in [0.05, 0.1) is 7.85 Å². The van der Waals surface area contributed by atoms with E-state index in [1.807, 2.05) is 20.8 Å². The van der Waals surface area contributed by atoms with E-state index < -0.39 is 39.3 Å². The number of benzene rings is 1. The third-order valence-electron chi connectivity index (χ3n) is 3.94. The molecular formula is C16H19B4F3. The van der Waals surface area contributed by atoms with Crippen molar-refractivity contribution >= 4 is 47.8 Å². The van der Waals surface area contributed by atoms with E-state index in [1.54, 1.807) is 20.8 Å². The fraction of sp³-hybridized carbons (Fsp3) is 0.625. The summed E-state index contributed by atoms with van der Waals surface area (Å²) in [6, 6.07) is 0. The number of rotatable bonds is 1. The van der Waals surface area contributed by atoms with Gasteiger partial charge in [0.2, 0.25) is 0 Å². The van der Waals surface area contributed by atoms with Crippen molar-refractivity contribution in [2.24, 2.45) is 5.41 Å². The third kappa shape index (κ3) is 3.85. The van der Waals surface area contributed by atoms with E-state index >= 15 is 0 Å². The first-order valence-corrected chi connectivity index (χ1v) is 7.34. The third-order valence-corrected chi connectivity index (χ3v) is 3.94. The highest BCUT2D eigenvalue weighted by molar-refractivity contribution is 6.52. The average Bonchev–Trinajstić information content (AvgIpc) is 2.27. The summed E-state index contributed by atoms with van der Waals surface area (Å²) in [5.74, 6) is -0.608. The monoisotopic (exact) mass is 312 g/mol. The van der Waals surface area contributed by atoms with Crippen LogP contribution in [0.1, 0.15) is 64.1 Å². The maximum Gasteiger partial charge on any atom is 0.415 e. The van der Waals surface area contributed by atoms with Crippen molar-refractivity contribution in [2.45, 2.75) is 59.0 Å². The lowest BCUT2D eigenvalue weighted by atomic mass is 9.55. The van der Waals surface area contributed by atoms with E-state index in [0.717, 1.165) is 0 Å². The summed E-state index contributed by atoms with van der Waals surface area (Å²) in [6.07, 6.45) is -4.69. The van der Waals surface area contributed by atoms with Crippen molar-refractivity contribution in [3.8, 4) is 0 Å². The van der Waals surface area contributed by atoms with E-state index in [-0.39, 0.29) is 5.46 Å². The fourth-order valence-corrected chi connectivity index (χ4v) is 2.70. The SMILES string of the molecule is [B]c1c([B])c(C(F)(F)F)c([B])c(C(C)(C)C)c1C([B])C(C)(C)C. The Morgan fingerprint density at radius 1 is 0.739 bits per heavy atom. The molecule has 0 spiro atoms. The Morgan fingerprint density at radius 2 is 1.17 bits per heavy atom. The average molecular weight is 312 g/mol. The summed E-state index contributed by atoms with van der Waals surface area (Å²) in [6.45, 7) is 11.0. The first kappa shape index (κ1) is 20.3. The fourth-order valence-electron chi connectivity index (χ4n) is 2.70. The first-order valence-electron chi connectivity index (χ1n) is 7.34. The molecule has 0 aliphatic carbocycles. The van der Waals surface area contributed by atoms with Gasteiger partial charge in [-0.25, -0.2) is 0 Å². The molecule has 1 aromatic carbocycles. The van der Waals surface area contributed by atoms with Crippen LogP contribution in [-0.4, -0.2) is 31.4 Å². The predicted molar refractivity (Wildman–Crippen MR) is 94.3 cm³/mol. The van der Waals surface area contributed by atoms with Crippen LogP contribution >= 0.6 is 0 Å². The minimum absolute atomic E-state index is 0.140. The molecule has 0 heterocycles. The Kier molecular flexibility index (Phi) is 5.27. The molecule has 1 rings (SSSR count). The molecule has 0 N–H and O–H groups in total. The summed E-state index contributed by atoms with van der Waals surface area (Å²) < 4.78 is 40.1. The van der Waals surface area contributed by atoms with Gasteiger partial charge >= 0.3 is 6.18 Å². The second-order valence-electron chi connectivity index (χ2n) is 8.00. The summed E-state index contributed by atoms with van der Waals surface area (Å²) in [5, 5.41) is 0. The highest BCUT2D eigenvalue weighted by Gasteiger charge is 2.39. The quantitative estimate of drug-likeness (QED) is 0.692. The molecule has 0 saturated heterocycles. The number of halogens is 3.